The molecule has 0 radical (unpaired) electrons. The van der Waals surface area contributed by atoms with Crippen LogP contribution in [0.1, 0.15) is 78.6 Å². The highest BCUT2D eigenvalue weighted by Gasteiger charge is 2.40. The monoisotopic (exact) mass is 280 g/mol. The average molecular weight is 280 g/mol. The van der Waals surface area contributed by atoms with Gasteiger partial charge in [-0.3, -0.25) is 5.32 Å². The van der Waals surface area contributed by atoms with Crippen molar-refractivity contribution in [3.63, 3.8) is 0 Å². The van der Waals surface area contributed by atoms with Crippen molar-refractivity contribution in [3.05, 3.63) is 0 Å². The predicted molar refractivity (Wildman–Crippen MR) is 83.6 cm³/mol. The number of unbranched alkanes of at least 4 members (excludes halogenated alkanes) is 5. The fourth-order valence-electron chi connectivity index (χ4n) is 3.09. The van der Waals surface area contributed by atoms with Crippen LogP contribution in [0.4, 0.5) is 0 Å². The zero-order valence-corrected chi connectivity index (χ0v) is 13.6. The van der Waals surface area contributed by atoms with Crippen LogP contribution in [0.25, 0.3) is 0 Å². The van der Waals surface area contributed by atoms with Gasteiger partial charge in [-0.15, -0.1) is 0 Å². The first-order valence-corrected chi connectivity index (χ1v) is 8.42. The number of nitriles is 1. The smallest absolute Gasteiger partial charge is 0.109 e. The van der Waals surface area contributed by atoms with Crippen LogP contribution in [0.15, 0.2) is 0 Å². The number of rotatable bonds is 10. The van der Waals surface area contributed by atoms with Gasteiger partial charge in [-0.2, -0.15) is 5.26 Å². The molecule has 2 unspecified atom stereocenters. The van der Waals surface area contributed by atoms with E-state index in [0.29, 0.717) is 6.04 Å². The minimum Gasteiger partial charge on any atom is -0.378 e. The fourth-order valence-corrected chi connectivity index (χ4v) is 3.09. The molecule has 0 heterocycles. The maximum Gasteiger partial charge on any atom is 0.109 e. The van der Waals surface area contributed by atoms with E-state index < -0.39 is 0 Å². The van der Waals surface area contributed by atoms with E-state index in [1.165, 1.54) is 32.1 Å². The first-order valence-electron chi connectivity index (χ1n) is 8.42. The summed E-state index contributed by atoms with van der Waals surface area (Å²) in [7, 11) is 0. The molecular formula is C17H32N2O. The Bertz CT molecular complexity index is 298. The van der Waals surface area contributed by atoms with Crippen molar-refractivity contribution < 1.29 is 4.74 Å². The molecular weight excluding hydrogens is 248 g/mol. The summed E-state index contributed by atoms with van der Waals surface area (Å²) in [6, 6.07) is 2.83. The van der Waals surface area contributed by atoms with Crippen molar-refractivity contribution in [2.45, 2.75) is 96.2 Å². The minimum absolute atomic E-state index is 0.275. The van der Waals surface area contributed by atoms with Crippen molar-refractivity contribution in [1.82, 2.24) is 5.32 Å². The lowest BCUT2D eigenvalue weighted by Crippen LogP contribution is -2.45. The molecule has 0 aromatic heterocycles. The lowest BCUT2D eigenvalue weighted by molar-refractivity contribution is 0.0517. The second kappa shape index (κ2) is 9.37. The van der Waals surface area contributed by atoms with E-state index in [9.17, 15) is 5.26 Å². The third kappa shape index (κ3) is 6.24. The highest BCUT2D eigenvalue weighted by molar-refractivity contribution is 5.12. The Hall–Kier alpha value is -0.590. The van der Waals surface area contributed by atoms with Gasteiger partial charge < -0.3 is 4.74 Å². The molecule has 0 saturated heterocycles. The van der Waals surface area contributed by atoms with Crippen molar-refractivity contribution >= 4 is 0 Å². The fraction of sp³-hybridized carbons (Fsp3) is 0.941. The Morgan fingerprint density at radius 2 is 1.95 bits per heavy atom. The van der Waals surface area contributed by atoms with Gasteiger partial charge in [0.05, 0.1) is 12.2 Å². The van der Waals surface area contributed by atoms with Gasteiger partial charge in [0.15, 0.2) is 0 Å². The Kier molecular flexibility index (Phi) is 8.18. The molecule has 2 atom stereocenters. The van der Waals surface area contributed by atoms with Crippen LogP contribution in [0.5, 0.6) is 0 Å². The molecule has 0 spiro atoms. The third-order valence-corrected chi connectivity index (χ3v) is 4.10. The van der Waals surface area contributed by atoms with E-state index in [2.05, 4.69) is 32.2 Å². The quantitative estimate of drug-likeness (QED) is 0.611. The third-order valence-electron chi connectivity index (χ3n) is 4.10. The number of hydrogen-bond acceptors (Lipinski definition) is 3. The molecule has 116 valence electrons. The standard InChI is InChI=1S/C17H32N2O/c1-4-5-6-7-8-9-12-20-16-10-11-17(13-16,14-18)19-15(2)3/h15-16,19H,4-13H2,1-3H3. The normalized spacial score (nSPS) is 26.1. The van der Waals surface area contributed by atoms with Gasteiger partial charge in [0, 0.05) is 19.1 Å². The number of nitrogens with zero attached hydrogens (tertiary/aromatic N) is 1. The van der Waals surface area contributed by atoms with Crippen LogP contribution >= 0.6 is 0 Å². The maximum atomic E-state index is 9.41. The lowest BCUT2D eigenvalue weighted by Gasteiger charge is -2.25. The summed E-state index contributed by atoms with van der Waals surface area (Å²) < 4.78 is 5.96. The summed E-state index contributed by atoms with van der Waals surface area (Å²) in [5.74, 6) is 0. The topological polar surface area (TPSA) is 45.0 Å². The van der Waals surface area contributed by atoms with Crippen molar-refractivity contribution in [2.24, 2.45) is 0 Å². The number of hydrogen-bond donors (Lipinski definition) is 1. The highest BCUT2D eigenvalue weighted by Crippen LogP contribution is 2.32. The lowest BCUT2D eigenvalue weighted by atomic mass is 9.98. The Labute approximate surface area is 125 Å². The average Bonchev–Trinajstić information content (AvgIpc) is 2.81. The van der Waals surface area contributed by atoms with E-state index in [4.69, 9.17) is 4.74 Å². The van der Waals surface area contributed by atoms with Gasteiger partial charge in [0.25, 0.3) is 0 Å². The van der Waals surface area contributed by atoms with Gasteiger partial charge in [0.2, 0.25) is 0 Å². The first kappa shape index (κ1) is 17.5. The molecule has 0 aromatic rings. The summed E-state index contributed by atoms with van der Waals surface area (Å²) in [5.41, 5.74) is -0.347. The Morgan fingerprint density at radius 3 is 2.60 bits per heavy atom. The zero-order chi connectivity index (χ0) is 14.8. The molecule has 1 rings (SSSR count). The summed E-state index contributed by atoms with van der Waals surface area (Å²) in [6.07, 6.45) is 10.8. The molecule has 0 amide bonds. The Morgan fingerprint density at radius 1 is 1.25 bits per heavy atom. The van der Waals surface area contributed by atoms with Crippen LogP contribution < -0.4 is 5.32 Å². The first-order chi connectivity index (χ1) is 9.62. The number of ether oxygens (including phenoxy) is 1. The SMILES string of the molecule is CCCCCCCCOC1CCC(C#N)(NC(C)C)C1. The molecule has 3 nitrogen and oxygen atoms in total. The molecule has 3 heteroatoms. The van der Waals surface area contributed by atoms with E-state index in [1.807, 2.05) is 0 Å². The second-order valence-electron chi connectivity index (χ2n) is 6.50. The number of nitrogens with one attached hydrogen (secondary N) is 1. The van der Waals surface area contributed by atoms with Crippen LogP contribution in [-0.2, 0) is 4.74 Å². The van der Waals surface area contributed by atoms with Gasteiger partial charge in [-0.05, 0) is 33.1 Å². The largest absolute Gasteiger partial charge is 0.378 e. The summed E-state index contributed by atoms with van der Waals surface area (Å²) >= 11 is 0. The molecule has 1 aliphatic rings. The summed E-state index contributed by atoms with van der Waals surface area (Å²) in [6.45, 7) is 7.31. The van der Waals surface area contributed by atoms with Crippen LogP contribution in [0.3, 0.4) is 0 Å². The van der Waals surface area contributed by atoms with Gasteiger partial charge in [-0.1, -0.05) is 39.0 Å². The van der Waals surface area contributed by atoms with Gasteiger partial charge >= 0.3 is 0 Å². The second-order valence-corrected chi connectivity index (χ2v) is 6.50. The summed E-state index contributed by atoms with van der Waals surface area (Å²) in [4.78, 5) is 0. The molecule has 1 aliphatic carbocycles. The zero-order valence-electron chi connectivity index (χ0n) is 13.6. The van der Waals surface area contributed by atoms with Crippen LogP contribution in [0.2, 0.25) is 0 Å². The molecule has 20 heavy (non-hydrogen) atoms. The van der Waals surface area contributed by atoms with E-state index >= 15 is 0 Å². The van der Waals surface area contributed by atoms with Gasteiger partial charge in [-0.25, -0.2) is 0 Å². The Balaban J connectivity index is 2.13. The molecule has 0 aliphatic heterocycles. The van der Waals surface area contributed by atoms with Crippen molar-refractivity contribution in [2.75, 3.05) is 6.61 Å². The van der Waals surface area contributed by atoms with Gasteiger partial charge in [0.1, 0.15) is 5.54 Å². The summed E-state index contributed by atoms with van der Waals surface area (Å²) in [5, 5.41) is 12.8. The molecule has 0 bridgehead atoms. The molecule has 1 fully saturated rings. The van der Waals surface area contributed by atoms with Crippen molar-refractivity contribution in [3.8, 4) is 6.07 Å². The minimum atomic E-state index is -0.347. The predicted octanol–water partition coefficient (Wildman–Crippen LogP) is 4.18. The van der Waals surface area contributed by atoms with E-state index in [0.717, 1.165) is 32.3 Å². The van der Waals surface area contributed by atoms with Crippen LogP contribution in [-0.4, -0.2) is 24.3 Å². The van der Waals surface area contributed by atoms with E-state index in [1.54, 1.807) is 0 Å². The van der Waals surface area contributed by atoms with Crippen molar-refractivity contribution in [1.29, 1.82) is 5.26 Å². The molecule has 1 saturated carbocycles. The van der Waals surface area contributed by atoms with Crippen LogP contribution in [0, 0.1) is 11.3 Å². The van der Waals surface area contributed by atoms with E-state index in [-0.39, 0.29) is 11.6 Å². The highest BCUT2D eigenvalue weighted by atomic mass is 16.5. The molecule has 0 aromatic carbocycles. The maximum absolute atomic E-state index is 9.41. The molecule has 1 N–H and O–H groups in total.